The minimum absolute atomic E-state index is 0.0508. The van der Waals surface area contributed by atoms with Gasteiger partial charge in [-0.3, -0.25) is 14.7 Å². The van der Waals surface area contributed by atoms with Crippen molar-refractivity contribution in [1.29, 1.82) is 0 Å². The van der Waals surface area contributed by atoms with Crippen LogP contribution in [0.15, 0.2) is 35.5 Å². The molecule has 3 rings (SSSR count). The maximum absolute atomic E-state index is 12.7. The average Bonchev–Trinajstić information content (AvgIpc) is 3.19. The molecule has 1 N–H and O–H groups in total. The molecule has 25 heavy (non-hydrogen) atoms. The predicted octanol–water partition coefficient (Wildman–Crippen LogP) is 3.25. The van der Waals surface area contributed by atoms with Gasteiger partial charge in [0.15, 0.2) is 17.2 Å². The summed E-state index contributed by atoms with van der Waals surface area (Å²) in [6, 6.07) is 9.67. The monoisotopic (exact) mass is 359 g/mol. The molecule has 0 spiro atoms. The SMILES string of the molecule is CCC[C@@H]1CC(=O)O[C@@]1(C)C(=O)CSc1n[nH]c(-c2ccccc2)n1. The van der Waals surface area contributed by atoms with E-state index in [1.165, 1.54) is 11.8 Å². The summed E-state index contributed by atoms with van der Waals surface area (Å²) in [5.41, 5.74) is -0.0913. The number of H-pyrrole nitrogens is 1. The van der Waals surface area contributed by atoms with Gasteiger partial charge in [0.25, 0.3) is 0 Å². The Morgan fingerprint density at radius 2 is 2.16 bits per heavy atom. The Balaban J connectivity index is 1.64. The number of aromatic nitrogens is 3. The number of cyclic esters (lactones) is 1. The first-order valence-electron chi connectivity index (χ1n) is 8.38. The summed E-state index contributed by atoms with van der Waals surface area (Å²) in [4.78, 5) is 28.8. The molecule has 2 atom stereocenters. The van der Waals surface area contributed by atoms with E-state index in [0.29, 0.717) is 17.4 Å². The molecule has 2 heterocycles. The van der Waals surface area contributed by atoms with Crippen LogP contribution in [0.5, 0.6) is 0 Å². The molecule has 0 radical (unpaired) electrons. The van der Waals surface area contributed by atoms with Crippen molar-refractivity contribution in [3.63, 3.8) is 0 Å². The van der Waals surface area contributed by atoms with E-state index in [9.17, 15) is 9.59 Å². The minimum atomic E-state index is -1.03. The minimum Gasteiger partial charge on any atom is -0.451 e. The first-order chi connectivity index (χ1) is 12.0. The van der Waals surface area contributed by atoms with E-state index in [1.54, 1.807) is 6.92 Å². The number of thioether (sulfide) groups is 1. The molecular weight excluding hydrogens is 338 g/mol. The lowest BCUT2D eigenvalue weighted by Gasteiger charge is -2.27. The molecule has 1 aliphatic rings. The number of carbonyl (C=O) groups is 2. The number of nitrogens with zero attached hydrogens (tertiary/aromatic N) is 2. The fourth-order valence-corrected chi connectivity index (χ4v) is 3.89. The first-order valence-corrected chi connectivity index (χ1v) is 9.37. The van der Waals surface area contributed by atoms with Gasteiger partial charge in [0.2, 0.25) is 5.16 Å². The number of benzene rings is 1. The molecule has 6 nitrogen and oxygen atoms in total. The van der Waals surface area contributed by atoms with E-state index >= 15 is 0 Å². The Labute approximate surface area is 150 Å². The standard InChI is InChI=1S/C18H21N3O3S/c1-3-7-13-10-15(23)24-18(13,2)14(22)11-25-17-19-16(20-21-17)12-8-5-4-6-9-12/h4-6,8-9,13H,3,7,10-11H2,1-2H3,(H,19,20,21)/t13-,18-/m1/s1. The summed E-state index contributed by atoms with van der Waals surface area (Å²) in [5.74, 6) is 0.412. The molecule has 1 fully saturated rings. The van der Waals surface area contributed by atoms with Crippen LogP contribution in [0.1, 0.15) is 33.1 Å². The number of ether oxygens (including phenoxy) is 1. The number of Topliss-reactive ketones (excluding diaryl/α,β-unsaturated/α-hetero) is 1. The van der Waals surface area contributed by atoms with E-state index in [-0.39, 0.29) is 23.4 Å². The third kappa shape index (κ3) is 3.76. The number of carbonyl (C=O) groups excluding carboxylic acids is 2. The van der Waals surface area contributed by atoms with Crippen LogP contribution < -0.4 is 0 Å². The van der Waals surface area contributed by atoms with Gasteiger partial charge in [-0.2, -0.15) is 0 Å². The van der Waals surface area contributed by atoms with Crippen molar-refractivity contribution >= 4 is 23.5 Å². The van der Waals surface area contributed by atoms with E-state index in [4.69, 9.17) is 4.74 Å². The third-order valence-electron chi connectivity index (χ3n) is 4.55. The second-order valence-electron chi connectivity index (χ2n) is 6.32. The number of esters is 1. The summed E-state index contributed by atoms with van der Waals surface area (Å²) in [7, 11) is 0. The highest BCUT2D eigenvalue weighted by atomic mass is 32.2. The zero-order chi connectivity index (χ0) is 17.9. The van der Waals surface area contributed by atoms with Crippen LogP contribution in [0.4, 0.5) is 0 Å². The highest BCUT2D eigenvalue weighted by Crippen LogP contribution is 2.37. The van der Waals surface area contributed by atoms with Gasteiger partial charge in [-0.15, -0.1) is 5.10 Å². The molecule has 1 aromatic heterocycles. The summed E-state index contributed by atoms with van der Waals surface area (Å²) >= 11 is 1.26. The molecule has 2 aromatic rings. The Bertz CT molecular complexity index is 762. The van der Waals surface area contributed by atoms with Crippen LogP contribution in [-0.2, 0) is 14.3 Å². The molecule has 0 bridgehead atoms. The first kappa shape index (κ1) is 17.7. The number of hydrogen-bond donors (Lipinski definition) is 1. The van der Waals surface area contributed by atoms with Crippen LogP contribution in [0.25, 0.3) is 11.4 Å². The quantitative estimate of drug-likeness (QED) is 0.603. The smallest absolute Gasteiger partial charge is 0.307 e. The van der Waals surface area contributed by atoms with Crippen molar-refractivity contribution in [1.82, 2.24) is 15.2 Å². The Kier molecular flexibility index (Phi) is 5.22. The summed E-state index contributed by atoms with van der Waals surface area (Å²) < 4.78 is 5.39. The number of ketones is 1. The van der Waals surface area contributed by atoms with Crippen molar-refractivity contribution < 1.29 is 14.3 Å². The lowest BCUT2D eigenvalue weighted by atomic mass is 9.83. The topological polar surface area (TPSA) is 84.9 Å². The number of rotatable bonds is 7. The third-order valence-corrected chi connectivity index (χ3v) is 5.40. The highest BCUT2D eigenvalue weighted by Gasteiger charge is 2.49. The molecule has 0 amide bonds. The predicted molar refractivity (Wildman–Crippen MR) is 95.1 cm³/mol. The van der Waals surface area contributed by atoms with E-state index < -0.39 is 5.60 Å². The lowest BCUT2D eigenvalue weighted by Crippen LogP contribution is -2.42. The normalized spacial score (nSPS) is 22.8. The number of aromatic amines is 1. The van der Waals surface area contributed by atoms with Crippen molar-refractivity contribution in [2.45, 2.75) is 43.9 Å². The number of nitrogens with one attached hydrogen (secondary N) is 1. The van der Waals surface area contributed by atoms with E-state index in [2.05, 4.69) is 15.2 Å². The van der Waals surface area contributed by atoms with Gasteiger partial charge in [0, 0.05) is 11.5 Å². The summed E-state index contributed by atoms with van der Waals surface area (Å²) in [5, 5.41) is 7.54. The van der Waals surface area contributed by atoms with Gasteiger partial charge in [-0.1, -0.05) is 55.4 Å². The van der Waals surface area contributed by atoms with Crippen LogP contribution in [0, 0.1) is 5.92 Å². The fraction of sp³-hybridized carbons (Fsp3) is 0.444. The molecule has 1 saturated heterocycles. The van der Waals surface area contributed by atoms with Gasteiger partial charge in [-0.05, 0) is 13.3 Å². The van der Waals surface area contributed by atoms with Gasteiger partial charge in [-0.25, -0.2) is 4.98 Å². The molecule has 0 aliphatic carbocycles. The largest absolute Gasteiger partial charge is 0.451 e. The summed E-state index contributed by atoms with van der Waals surface area (Å²) in [6.45, 7) is 3.77. The van der Waals surface area contributed by atoms with Crippen LogP contribution in [0.2, 0.25) is 0 Å². The maximum Gasteiger partial charge on any atom is 0.307 e. The van der Waals surface area contributed by atoms with Gasteiger partial charge in [0.1, 0.15) is 0 Å². The van der Waals surface area contributed by atoms with Crippen molar-refractivity contribution in [2.75, 3.05) is 5.75 Å². The Morgan fingerprint density at radius 3 is 2.88 bits per heavy atom. The van der Waals surface area contributed by atoms with Gasteiger partial charge < -0.3 is 4.74 Å². The zero-order valence-electron chi connectivity index (χ0n) is 14.3. The average molecular weight is 359 g/mol. The highest BCUT2D eigenvalue weighted by molar-refractivity contribution is 7.99. The summed E-state index contributed by atoms with van der Waals surface area (Å²) in [6.07, 6.45) is 2.04. The van der Waals surface area contributed by atoms with Crippen molar-refractivity contribution in [2.24, 2.45) is 5.92 Å². The Morgan fingerprint density at radius 1 is 1.40 bits per heavy atom. The van der Waals surface area contributed by atoms with Crippen LogP contribution in [-0.4, -0.2) is 38.3 Å². The van der Waals surface area contributed by atoms with Crippen LogP contribution >= 0.6 is 11.8 Å². The zero-order valence-corrected chi connectivity index (χ0v) is 15.1. The maximum atomic E-state index is 12.7. The molecule has 1 aromatic carbocycles. The molecule has 1 aliphatic heterocycles. The molecule has 132 valence electrons. The van der Waals surface area contributed by atoms with E-state index in [0.717, 1.165) is 18.4 Å². The van der Waals surface area contributed by atoms with Gasteiger partial charge in [0.05, 0.1) is 12.2 Å². The van der Waals surface area contributed by atoms with Gasteiger partial charge >= 0.3 is 5.97 Å². The lowest BCUT2D eigenvalue weighted by molar-refractivity contribution is -0.156. The molecular formula is C18H21N3O3S. The molecule has 0 unspecified atom stereocenters. The van der Waals surface area contributed by atoms with E-state index in [1.807, 2.05) is 37.3 Å². The van der Waals surface area contributed by atoms with Crippen molar-refractivity contribution in [3.8, 4) is 11.4 Å². The van der Waals surface area contributed by atoms with Crippen LogP contribution in [0.3, 0.4) is 0 Å². The fourth-order valence-electron chi connectivity index (χ4n) is 3.08. The second kappa shape index (κ2) is 7.39. The second-order valence-corrected chi connectivity index (χ2v) is 7.26. The van der Waals surface area contributed by atoms with Crippen molar-refractivity contribution in [3.05, 3.63) is 30.3 Å². The number of hydrogen-bond acceptors (Lipinski definition) is 6. The molecule has 7 heteroatoms. The Hall–Kier alpha value is -2.15. The molecule has 0 saturated carbocycles.